The highest BCUT2D eigenvalue weighted by molar-refractivity contribution is 7.89. The monoisotopic (exact) mass is 425 g/mol. The van der Waals surface area contributed by atoms with Crippen LogP contribution in [0.5, 0.6) is 5.75 Å². The summed E-state index contributed by atoms with van der Waals surface area (Å²) in [6, 6.07) is 13.0. The Morgan fingerprint density at radius 3 is 2.21 bits per heavy atom. The number of benzene rings is 2. The maximum Gasteiger partial charge on any atom is 0.308 e. The van der Waals surface area contributed by atoms with Crippen molar-refractivity contribution in [3.63, 3.8) is 0 Å². The molecule has 1 atom stereocenters. The van der Waals surface area contributed by atoms with Crippen LogP contribution in [0.15, 0.2) is 53.4 Å². The fourth-order valence-corrected chi connectivity index (χ4v) is 4.82. The van der Waals surface area contributed by atoms with Crippen molar-refractivity contribution >= 4 is 20.1 Å². The van der Waals surface area contributed by atoms with E-state index >= 15 is 0 Å². The van der Waals surface area contributed by atoms with Crippen molar-refractivity contribution in [2.24, 2.45) is 0 Å². The maximum absolute atomic E-state index is 13.2. The van der Waals surface area contributed by atoms with Gasteiger partial charge in [-0.15, -0.1) is 0 Å². The summed E-state index contributed by atoms with van der Waals surface area (Å²) in [5.41, 5.74) is 1.64. The first-order valence-corrected chi connectivity index (χ1v) is 12.2. The molecule has 0 heterocycles. The van der Waals surface area contributed by atoms with Crippen LogP contribution in [0.1, 0.15) is 38.3 Å². The second-order valence-corrected chi connectivity index (χ2v) is 10.4. The Morgan fingerprint density at radius 1 is 1.00 bits per heavy atom. The van der Waals surface area contributed by atoms with E-state index in [1.807, 2.05) is 20.8 Å². The van der Waals surface area contributed by atoms with E-state index in [2.05, 4.69) is 0 Å². The summed E-state index contributed by atoms with van der Waals surface area (Å²) in [6.07, 6.45) is 0.644. The third-order valence-corrected chi connectivity index (χ3v) is 7.65. The molecule has 0 unspecified atom stereocenters. The van der Waals surface area contributed by atoms with Crippen LogP contribution in [0, 0.1) is 6.92 Å². The highest BCUT2D eigenvalue weighted by Gasteiger charge is 2.28. The molecule has 0 amide bonds. The van der Waals surface area contributed by atoms with Gasteiger partial charge in [-0.1, -0.05) is 36.8 Å². The van der Waals surface area contributed by atoms with Gasteiger partial charge in [-0.25, -0.2) is 8.42 Å². The lowest BCUT2D eigenvalue weighted by Crippen LogP contribution is -2.37. The number of aryl methyl sites for hydroxylation is 1. The molecule has 154 valence electrons. The zero-order chi connectivity index (χ0) is 20.9. The normalized spacial score (nSPS) is 13.5. The highest BCUT2D eigenvalue weighted by Crippen LogP contribution is 2.24. The molecule has 0 aliphatic heterocycles. The van der Waals surface area contributed by atoms with Crippen molar-refractivity contribution in [1.29, 1.82) is 0 Å². The summed E-state index contributed by atoms with van der Waals surface area (Å²) in [7, 11) is -7.35. The first-order valence-electron chi connectivity index (χ1n) is 9.18. The molecule has 0 aliphatic rings. The third kappa shape index (κ3) is 5.56. The van der Waals surface area contributed by atoms with Crippen LogP contribution in [0.2, 0.25) is 0 Å². The van der Waals surface area contributed by atoms with E-state index in [0.29, 0.717) is 12.0 Å². The standard InChI is InChI=1S/C20H27NO5S2/c1-5-17(4)21(28(24,25)20-12-10-16(3)11-13-20)15-18-8-7-9-19(14-18)26-27(22,23)6-2/h7-14,17H,5-6,15H2,1-4H3/t17-/m0/s1. The van der Waals surface area contributed by atoms with Crippen LogP contribution in [0.3, 0.4) is 0 Å². The van der Waals surface area contributed by atoms with Crippen molar-refractivity contribution in [2.45, 2.75) is 51.6 Å². The number of hydrogen-bond acceptors (Lipinski definition) is 5. The molecule has 0 N–H and O–H groups in total. The lowest BCUT2D eigenvalue weighted by Gasteiger charge is -2.28. The summed E-state index contributed by atoms with van der Waals surface area (Å²) >= 11 is 0. The van der Waals surface area contributed by atoms with Gasteiger partial charge in [0.25, 0.3) is 0 Å². The predicted octanol–water partition coefficient (Wildman–Crippen LogP) is 3.71. The third-order valence-electron chi connectivity index (χ3n) is 4.52. The molecule has 6 nitrogen and oxygen atoms in total. The lowest BCUT2D eigenvalue weighted by molar-refractivity contribution is 0.322. The number of sulfonamides is 1. The molecule has 0 fully saturated rings. The molecule has 0 spiro atoms. The number of nitrogens with zero attached hydrogens (tertiary/aromatic N) is 1. The van der Waals surface area contributed by atoms with Crippen LogP contribution in [0.4, 0.5) is 0 Å². The summed E-state index contributed by atoms with van der Waals surface area (Å²) in [5, 5.41) is 0. The van der Waals surface area contributed by atoms with Gasteiger partial charge in [0.1, 0.15) is 5.75 Å². The zero-order valence-electron chi connectivity index (χ0n) is 16.6. The van der Waals surface area contributed by atoms with Gasteiger partial charge in [-0.3, -0.25) is 0 Å². The number of rotatable bonds is 9. The fourth-order valence-electron chi connectivity index (χ4n) is 2.61. The van der Waals surface area contributed by atoms with Crippen LogP contribution < -0.4 is 4.18 Å². The van der Waals surface area contributed by atoms with Crippen LogP contribution >= 0.6 is 0 Å². The molecule has 28 heavy (non-hydrogen) atoms. The molecule has 0 saturated carbocycles. The van der Waals surface area contributed by atoms with E-state index in [-0.39, 0.29) is 29.0 Å². The van der Waals surface area contributed by atoms with Crippen LogP contribution in [-0.2, 0) is 26.7 Å². The van der Waals surface area contributed by atoms with Crippen molar-refractivity contribution in [1.82, 2.24) is 4.31 Å². The van der Waals surface area contributed by atoms with Crippen molar-refractivity contribution < 1.29 is 21.0 Å². The van der Waals surface area contributed by atoms with Crippen molar-refractivity contribution in [3.8, 4) is 5.75 Å². The topological polar surface area (TPSA) is 80.8 Å². The second kappa shape index (κ2) is 9.07. The Morgan fingerprint density at radius 2 is 1.64 bits per heavy atom. The Balaban J connectivity index is 2.36. The van der Waals surface area contributed by atoms with E-state index in [9.17, 15) is 16.8 Å². The molecule has 8 heteroatoms. The Hall–Kier alpha value is -1.90. The van der Waals surface area contributed by atoms with Crippen LogP contribution in [-0.4, -0.2) is 32.9 Å². The molecule has 0 aromatic heterocycles. The minimum Gasteiger partial charge on any atom is -0.382 e. The van der Waals surface area contributed by atoms with Crippen LogP contribution in [0.25, 0.3) is 0 Å². The Kier molecular flexibility index (Phi) is 7.25. The summed E-state index contributed by atoms with van der Waals surface area (Å²) in [4.78, 5) is 0.236. The van der Waals surface area contributed by atoms with Gasteiger partial charge in [0.05, 0.1) is 10.6 Å². The van der Waals surface area contributed by atoms with E-state index in [0.717, 1.165) is 5.56 Å². The van der Waals surface area contributed by atoms with E-state index in [1.54, 1.807) is 48.5 Å². The molecule has 0 saturated heterocycles. The molecule has 2 aromatic rings. The van der Waals surface area contributed by atoms with E-state index in [1.165, 1.54) is 11.2 Å². The predicted molar refractivity (Wildman–Crippen MR) is 110 cm³/mol. The zero-order valence-corrected chi connectivity index (χ0v) is 18.3. The Labute approximate surface area is 168 Å². The minimum absolute atomic E-state index is 0.120. The molecule has 2 rings (SSSR count). The molecule has 0 radical (unpaired) electrons. The molecule has 2 aromatic carbocycles. The summed E-state index contributed by atoms with van der Waals surface area (Å²) < 4.78 is 56.3. The largest absolute Gasteiger partial charge is 0.382 e. The maximum atomic E-state index is 13.2. The van der Waals surface area contributed by atoms with Gasteiger partial charge in [0.2, 0.25) is 10.0 Å². The van der Waals surface area contributed by atoms with Gasteiger partial charge in [-0.05, 0) is 57.0 Å². The average Bonchev–Trinajstić information content (AvgIpc) is 2.65. The van der Waals surface area contributed by atoms with E-state index in [4.69, 9.17) is 4.18 Å². The SMILES string of the molecule is CC[C@H](C)N(Cc1cccc(OS(=O)(=O)CC)c1)S(=O)(=O)c1ccc(C)cc1. The molecule has 0 aliphatic carbocycles. The minimum atomic E-state index is -3.71. The Bertz CT molecular complexity index is 999. The summed E-state index contributed by atoms with van der Waals surface area (Å²) in [5.74, 6) is 0.0362. The van der Waals surface area contributed by atoms with Gasteiger partial charge < -0.3 is 4.18 Å². The first-order chi connectivity index (χ1) is 13.1. The fraction of sp³-hybridized carbons (Fsp3) is 0.400. The second-order valence-electron chi connectivity index (χ2n) is 6.70. The first kappa shape index (κ1) is 22.4. The van der Waals surface area contributed by atoms with Crippen molar-refractivity contribution in [2.75, 3.05) is 5.75 Å². The highest BCUT2D eigenvalue weighted by atomic mass is 32.2. The van der Waals surface area contributed by atoms with Gasteiger partial charge >= 0.3 is 10.1 Å². The quantitative estimate of drug-likeness (QED) is 0.572. The summed E-state index contributed by atoms with van der Waals surface area (Å²) in [6.45, 7) is 7.30. The van der Waals surface area contributed by atoms with Crippen molar-refractivity contribution in [3.05, 3.63) is 59.7 Å². The smallest absolute Gasteiger partial charge is 0.308 e. The van der Waals surface area contributed by atoms with Gasteiger partial charge in [-0.2, -0.15) is 12.7 Å². The average molecular weight is 426 g/mol. The molecular formula is C20H27NO5S2. The van der Waals surface area contributed by atoms with E-state index < -0.39 is 20.1 Å². The molecule has 0 bridgehead atoms. The van der Waals surface area contributed by atoms with Gasteiger partial charge in [0, 0.05) is 12.6 Å². The lowest BCUT2D eigenvalue weighted by atomic mass is 10.2. The van der Waals surface area contributed by atoms with Gasteiger partial charge in [0.15, 0.2) is 0 Å². The number of hydrogen-bond donors (Lipinski definition) is 0. The molecular weight excluding hydrogens is 398 g/mol.